The van der Waals surface area contributed by atoms with Gasteiger partial charge in [-0.15, -0.1) is 11.3 Å². The molecule has 3 nitrogen and oxygen atoms in total. The molecule has 0 radical (unpaired) electrons. The molecule has 0 spiro atoms. The number of rotatable bonds is 5. The molecule has 1 heterocycles. The van der Waals surface area contributed by atoms with Gasteiger partial charge in [0.1, 0.15) is 17.4 Å². The average molecular weight is 296 g/mol. The number of nitrogens with two attached hydrogens (primary N) is 1. The molecule has 0 aliphatic heterocycles. The predicted octanol–water partition coefficient (Wildman–Crippen LogP) is 3.85. The molecule has 0 fully saturated rings. The standard InChI is InChI=1S/C17H16N2OS/c18-10-17-19-15(12-21-17)14-8-4-5-9-16(14)20-11-13-6-2-1-3-7-13/h1-9,12H,10-11,18H2. The summed E-state index contributed by atoms with van der Waals surface area (Å²) in [5.41, 5.74) is 8.70. The summed E-state index contributed by atoms with van der Waals surface area (Å²) < 4.78 is 5.95. The van der Waals surface area contributed by atoms with E-state index < -0.39 is 0 Å². The molecule has 0 unspecified atom stereocenters. The lowest BCUT2D eigenvalue weighted by molar-refractivity contribution is 0.307. The number of hydrogen-bond donors (Lipinski definition) is 1. The van der Waals surface area contributed by atoms with Gasteiger partial charge in [-0.1, -0.05) is 42.5 Å². The fourth-order valence-corrected chi connectivity index (χ4v) is 2.74. The Morgan fingerprint density at radius 3 is 2.52 bits per heavy atom. The molecule has 4 heteroatoms. The minimum Gasteiger partial charge on any atom is -0.488 e. The van der Waals surface area contributed by atoms with Crippen LogP contribution in [0.3, 0.4) is 0 Å². The predicted molar refractivity (Wildman–Crippen MR) is 86.2 cm³/mol. The van der Waals surface area contributed by atoms with Gasteiger partial charge in [-0.25, -0.2) is 4.98 Å². The molecule has 0 aliphatic carbocycles. The highest BCUT2D eigenvalue weighted by Gasteiger charge is 2.09. The SMILES string of the molecule is NCc1nc(-c2ccccc2OCc2ccccc2)cs1. The Balaban J connectivity index is 1.82. The fourth-order valence-electron chi connectivity index (χ4n) is 2.07. The number of ether oxygens (including phenoxy) is 1. The van der Waals surface area contributed by atoms with E-state index in [9.17, 15) is 0 Å². The first-order valence-electron chi connectivity index (χ1n) is 6.77. The molecule has 0 saturated heterocycles. The quantitative estimate of drug-likeness (QED) is 0.778. The summed E-state index contributed by atoms with van der Waals surface area (Å²) in [4.78, 5) is 4.53. The van der Waals surface area contributed by atoms with Crippen LogP contribution in [0.25, 0.3) is 11.3 Å². The molecule has 0 bridgehead atoms. The third-order valence-electron chi connectivity index (χ3n) is 3.13. The van der Waals surface area contributed by atoms with Gasteiger partial charge in [0.2, 0.25) is 0 Å². The van der Waals surface area contributed by atoms with E-state index in [1.807, 2.05) is 47.8 Å². The van der Waals surface area contributed by atoms with Crippen LogP contribution in [0.15, 0.2) is 60.0 Å². The van der Waals surface area contributed by atoms with Gasteiger partial charge in [-0.2, -0.15) is 0 Å². The summed E-state index contributed by atoms with van der Waals surface area (Å²) in [6, 6.07) is 18.1. The van der Waals surface area contributed by atoms with Crippen LogP contribution in [0.2, 0.25) is 0 Å². The highest BCUT2D eigenvalue weighted by Crippen LogP contribution is 2.31. The van der Waals surface area contributed by atoms with Crippen molar-refractivity contribution in [2.45, 2.75) is 13.2 Å². The van der Waals surface area contributed by atoms with Gasteiger partial charge in [0, 0.05) is 17.5 Å². The van der Waals surface area contributed by atoms with Crippen molar-refractivity contribution in [1.82, 2.24) is 4.98 Å². The first-order chi connectivity index (χ1) is 10.4. The molecule has 2 N–H and O–H groups in total. The Labute approximate surface area is 128 Å². The summed E-state index contributed by atoms with van der Waals surface area (Å²) >= 11 is 1.58. The van der Waals surface area contributed by atoms with Gasteiger partial charge in [0.15, 0.2) is 0 Å². The molecule has 3 aromatic rings. The van der Waals surface area contributed by atoms with E-state index in [4.69, 9.17) is 10.5 Å². The number of nitrogens with zero attached hydrogens (tertiary/aromatic N) is 1. The minimum atomic E-state index is 0.470. The van der Waals surface area contributed by atoms with E-state index in [0.717, 1.165) is 27.6 Å². The Morgan fingerprint density at radius 2 is 1.76 bits per heavy atom. The lowest BCUT2D eigenvalue weighted by Gasteiger charge is -2.10. The lowest BCUT2D eigenvalue weighted by atomic mass is 10.1. The van der Waals surface area contributed by atoms with Crippen molar-refractivity contribution in [3.05, 3.63) is 70.5 Å². The van der Waals surface area contributed by atoms with Crippen molar-refractivity contribution in [2.24, 2.45) is 5.73 Å². The number of para-hydroxylation sites is 1. The van der Waals surface area contributed by atoms with Gasteiger partial charge in [-0.05, 0) is 17.7 Å². The lowest BCUT2D eigenvalue weighted by Crippen LogP contribution is -1.97. The number of benzene rings is 2. The van der Waals surface area contributed by atoms with Crippen LogP contribution in [-0.4, -0.2) is 4.98 Å². The second-order valence-corrected chi connectivity index (χ2v) is 5.54. The monoisotopic (exact) mass is 296 g/mol. The third-order valence-corrected chi connectivity index (χ3v) is 4.00. The van der Waals surface area contributed by atoms with E-state index in [1.54, 1.807) is 11.3 Å². The van der Waals surface area contributed by atoms with E-state index >= 15 is 0 Å². The zero-order valence-corrected chi connectivity index (χ0v) is 12.3. The van der Waals surface area contributed by atoms with Crippen LogP contribution >= 0.6 is 11.3 Å². The summed E-state index contributed by atoms with van der Waals surface area (Å²) in [6.45, 7) is 1.02. The Hall–Kier alpha value is -2.17. The fraction of sp³-hybridized carbons (Fsp3) is 0.118. The van der Waals surface area contributed by atoms with Gasteiger partial charge in [-0.3, -0.25) is 0 Å². The van der Waals surface area contributed by atoms with Crippen LogP contribution in [-0.2, 0) is 13.2 Å². The van der Waals surface area contributed by atoms with Crippen molar-refractivity contribution in [3.63, 3.8) is 0 Å². The molecule has 0 amide bonds. The van der Waals surface area contributed by atoms with Gasteiger partial charge in [0.05, 0.1) is 5.69 Å². The molecular formula is C17H16N2OS. The second-order valence-electron chi connectivity index (χ2n) is 4.60. The van der Waals surface area contributed by atoms with E-state index in [-0.39, 0.29) is 0 Å². The Bertz CT molecular complexity index is 710. The summed E-state index contributed by atoms with van der Waals surface area (Å²) in [5, 5.41) is 2.95. The van der Waals surface area contributed by atoms with Gasteiger partial charge in [0.25, 0.3) is 0 Å². The van der Waals surface area contributed by atoms with E-state index in [2.05, 4.69) is 17.1 Å². The summed E-state index contributed by atoms with van der Waals surface area (Å²) in [6.07, 6.45) is 0. The topological polar surface area (TPSA) is 48.1 Å². The number of aromatic nitrogens is 1. The molecule has 2 aromatic carbocycles. The molecule has 21 heavy (non-hydrogen) atoms. The zero-order valence-electron chi connectivity index (χ0n) is 11.5. The van der Waals surface area contributed by atoms with Gasteiger partial charge < -0.3 is 10.5 Å². The summed E-state index contributed by atoms with van der Waals surface area (Å²) in [7, 11) is 0. The number of thiazole rings is 1. The third kappa shape index (κ3) is 3.29. The molecule has 0 atom stereocenters. The zero-order chi connectivity index (χ0) is 14.5. The van der Waals surface area contributed by atoms with E-state index in [0.29, 0.717) is 13.2 Å². The van der Waals surface area contributed by atoms with E-state index in [1.165, 1.54) is 0 Å². The van der Waals surface area contributed by atoms with Crippen molar-refractivity contribution >= 4 is 11.3 Å². The van der Waals surface area contributed by atoms with Crippen molar-refractivity contribution in [1.29, 1.82) is 0 Å². The number of hydrogen-bond acceptors (Lipinski definition) is 4. The largest absolute Gasteiger partial charge is 0.488 e. The highest BCUT2D eigenvalue weighted by molar-refractivity contribution is 7.09. The molecule has 0 aliphatic rings. The Kier molecular flexibility index (Phi) is 4.28. The molecule has 3 rings (SSSR count). The van der Waals surface area contributed by atoms with Crippen LogP contribution < -0.4 is 10.5 Å². The maximum absolute atomic E-state index is 5.95. The van der Waals surface area contributed by atoms with Crippen molar-refractivity contribution in [2.75, 3.05) is 0 Å². The van der Waals surface area contributed by atoms with Crippen LogP contribution in [0.4, 0.5) is 0 Å². The molecule has 0 saturated carbocycles. The molecule has 106 valence electrons. The van der Waals surface area contributed by atoms with Crippen LogP contribution in [0.5, 0.6) is 5.75 Å². The van der Waals surface area contributed by atoms with Crippen molar-refractivity contribution < 1.29 is 4.74 Å². The second kappa shape index (κ2) is 6.52. The minimum absolute atomic E-state index is 0.470. The summed E-state index contributed by atoms with van der Waals surface area (Å²) in [5.74, 6) is 0.843. The first-order valence-corrected chi connectivity index (χ1v) is 7.65. The van der Waals surface area contributed by atoms with Crippen molar-refractivity contribution in [3.8, 4) is 17.0 Å². The van der Waals surface area contributed by atoms with Gasteiger partial charge >= 0.3 is 0 Å². The normalized spacial score (nSPS) is 10.5. The molecule has 1 aromatic heterocycles. The maximum atomic E-state index is 5.95. The molecular weight excluding hydrogens is 280 g/mol. The average Bonchev–Trinajstić information content (AvgIpc) is 3.03. The highest BCUT2D eigenvalue weighted by atomic mass is 32.1. The van der Waals surface area contributed by atoms with Crippen LogP contribution in [0, 0.1) is 0 Å². The first kappa shape index (κ1) is 13.8. The maximum Gasteiger partial charge on any atom is 0.129 e. The van der Waals surface area contributed by atoms with Crippen LogP contribution in [0.1, 0.15) is 10.6 Å². The Morgan fingerprint density at radius 1 is 1.00 bits per heavy atom. The smallest absolute Gasteiger partial charge is 0.129 e.